The maximum Gasteiger partial charge on any atom is 0.323 e. The summed E-state index contributed by atoms with van der Waals surface area (Å²) in [5, 5.41) is 0. The van der Waals surface area contributed by atoms with Crippen molar-refractivity contribution < 1.29 is 14.3 Å². The molecule has 1 atom stereocenters. The van der Waals surface area contributed by atoms with E-state index in [-0.39, 0.29) is 6.42 Å². The molecule has 1 unspecified atom stereocenters. The van der Waals surface area contributed by atoms with Gasteiger partial charge in [-0.05, 0) is 12.1 Å². The van der Waals surface area contributed by atoms with Gasteiger partial charge in [0.2, 0.25) is 0 Å². The monoisotopic (exact) mass is 177 g/mol. The van der Waals surface area contributed by atoms with Crippen molar-refractivity contribution >= 4 is 11.9 Å². The molecule has 0 radical (unpaired) electrons. The van der Waals surface area contributed by atoms with Crippen molar-refractivity contribution in [1.82, 2.24) is 4.98 Å². The number of carbonyl (C=O) groups is 2. The molecule has 0 aliphatic carbocycles. The van der Waals surface area contributed by atoms with E-state index in [9.17, 15) is 9.59 Å². The van der Waals surface area contributed by atoms with E-state index >= 15 is 0 Å². The molecular formula is C9H7NO3. The van der Waals surface area contributed by atoms with Gasteiger partial charge in [0.1, 0.15) is 5.92 Å². The van der Waals surface area contributed by atoms with Gasteiger partial charge in [0.15, 0.2) is 0 Å². The van der Waals surface area contributed by atoms with Crippen LogP contribution in [-0.4, -0.2) is 16.9 Å². The Balaban J connectivity index is 2.28. The van der Waals surface area contributed by atoms with E-state index in [0.717, 1.165) is 0 Å². The third-order valence-electron chi connectivity index (χ3n) is 1.91. The molecule has 4 nitrogen and oxygen atoms in total. The van der Waals surface area contributed by atoms with Gasteiger partial charge in [-0.1, -0.05) is 6.07 Å². The van der Waals surface area contributed by atoms with Crippen molar-refractivity contribution in [3.8, 4) is 0 Å². The lowest BCUT2D eigenvalue weighted by atomic mass is 10.0. The highest BCUT2D eigenvalue weighted by Gasteiger charge is 2.35. The number of pyridine rings is 1. The largest absolute Gasteiger partial charge is 0.393 e. The molecule has 0 N–H and O–H groups in total. The zero-order chi connectivity index (χ0) is 9.26. The van der Waals surface area contributed by atoms with Crippen LogP contribution >= 0.6 is 0 Å². The van der Waals surface area contributed by atoms with Crippen LogP contribution in [0.1, 0.15) is 18.0 Å². The summed E-state index contributed by atoms with van der Waals surface area (Å²) in [5.41, 5.74) is 0.596. The molecule has 2 rings (SSSR count). The molecule has 1 fully saturated rings. The zero-order valence-electron chi connectivity index (χ0n) is 6.77. The molecule has 1 aliphatic heterocycles. The van der Waals surface area contributed by atoms with Gasteiger partial charge in [-0.3, -0.25) is 14.6 Å². The number of cyclic esters (lactones) is 2. The number of carbonyl (C=O) groups excluding carboxylic acids is 2. The lowest BCUT2D eigenvalue weighted by Crippen LogP contribution is -2.06. The van der Waals surface area contributed by atoms with Crippen LogP contribution < -0.4 is 0 Å². The van der Waals surface area contributed by atoms with Gasteiger partial charge in [0, 0.05) is 6.20 Å². The summed E-state index contributed by atoms with van der Waals surface area (Å²) in [6.45, 7) is 0. The van der Waals surface area contributed by atoms with Gasteiger partial charge < -0.3 is 4.74 Å². The molecule has 1 aromatic rings. The van der Waals surface area contributed by atoms with Crippen LogP contribution in [0.2, 0.25) is 0 Å². The summed E-state index contributed by atoms with van der Waals surface area (Å²) in [6, 6.07) is 5.24. The van der Waals surface area contributed by atoms with Crippen LogP contribution in [0.15, 0.2) is 24.4 Å². The van der Waals surface area contributed by atoms with Crippen molar-refractivity contribution in [2.45, 2.75) is 12.3 Å². The Morgan fingerprint density at radius 3 is 2.77 bits per heavy atom. The van der Waals surface area contributed by atoms with Gasteiger partial charge in [-0.25, -0.2) is 0 Å². The first-order valence-electron chi connectivity index (χ1n) is 3.93. The average molecular weight is 177 g/mol. The summed E-state index contributed by atoms with van der Waals surface area (Å²) in [4.78, 5) is 25.9. The smallest absolute Gasteiger partial charge is 0.323 e. The SMILES string of the molecule is O=C1CC(c2ccccn2)C(=O)O1. The molecule has 0 saturated carbocycles. The number of rotatable bonds is 1. The topological polar surface area (TPSA) is 56.3 Å². The molecule has 0 spiro atoms. The number of hydrogen-bond acceptors (Lipinski definition) is 4. The van der Waals surface area contributed by atoms with Crippen LogP contribution in [-0.2, 0) is 14.3 Å². The Morgan fingerprint density at radius 2 is 2.23 bits per heavy atom. The molecule has 1 aromatic heterocycles. The Hall–Kier alpha value is -1.71. The first-order chi connectivity index (χ1) is 6.27. The van der Waals surface area contributed by atoms with Crippen LogP contribution in [0.5, 0.6) is 0 Å². The highest BCUT2D eigenvalue weighted by Crippen LogP contribution is 2.25. The van der Waals surface area contributed by atoms with Gasteiger partial charge in [0.05, 0.1) is 12.1 Å². The highest BCUT2D eigenvalue weighted by atomic mass is 16.6. The second-order valence-corrected chi connectivity index (χ2v) is 2.80. The fraction of sp³-hybridized carbons (Fsp3) is 0.222. The number of nitrogens with zero attached hydrogens (tertiary/aromatic N) is 1. The van der Waals surface area contributed by atoms with E-state index < -0.39 is 17.9 Å². The second-order valence-electron chi connectivity index (χ2n) is 2.80. The standard InChI is InChI=1S/C9H7NO3/c11-8-5-6(9(12)13-8)7-3-1-2-4-10-7/h1-4,6H,5H2. The van der Waals surface area contributed by atoms with E-state index in [0.29, 0.717) is 5.69 Å². The number of aromatic nitrogens is 1. The summed E-state index contributed by atoms with van der Waals surface area (Å²) in [5.74, 6) is -1.47. The molecule has 2 heterocycles. The summed E-state index contributed by atoms with van der Waals surface area (Å²) < 4.78 is 4.41. The molecule has 13 heavy (non-hydrogen) atoms. The van der Waals surface area contributed by atoms with Crippen LogP contribution in [0.25, 0.3) is 0 Å². The number of esters is 2. The molecule has 0 aromatic carbocycles. The van der Waals surface area contributed by atoms with E-state index in [1.165, 1.54) is 0 Å². The maximum absolute atomic E-state index is 11.1. The summed E-state index contributed by atoms with van der Waals surface area (Å²) in [7, 11) is 0. The molecule has 1 saturated heterocycles. The predicted octanol–water partition coefficient (Wildman–Crippen LogP) is 0.639. The minimum atomic E-state index is -0.506. The zero-order valence-corrected chi connectivity index (χ0v) is 6.77. The quantitative estimate of drug-likeness (QED) is 0.466. The average Bonchev–Trinajstić information content (AvgIpc) is 2.47. The number of hydrogen-bond donors (Lipinski definition) is 0. The van der Waals surface area contributed by atoms with E-state index in [2.05, 4.69) is 9.72 Å². The minimum Gasteiger partial charge on any atom is -0.393 e. The molecular weight excluding hydrogens is 170 g/mol. The number of ether oxygens (including phenoxy) is 1. The Kier molecular flexibility index (Phi) is 1.81. The summed E-state index contributed by atoms with van der Waals surface area (Å²) >= 11 is 0. The Bertz CT molecular complexity index is 347. The predicted molar refractivity (Wildman–Crippen MR) is 42.7 cm³/mol. The Morgan fingerprint density at radius 1 is 1.38 bits per heavy atom. The third kappa shape index (κ3) is 1.42. The Labute approximate surface area is 74.5 Å². The molecule has 0 bridgehead atoms. The van der Waals surface area contributed by atoms with Gasteiger partial charge >= 0.3 is 11.9 Å². The molecule has 0 amide bonds. The van der Waals surface area contributed by atoms with Gasteiger partial charge in [0.25, 0.3) is 0 Å². The van der Waals surface area contributed by atoms with Gasteiger partial charge in [-0.2, -0.15) is 0 Å². The van der Waals surface area contributed by atoms with Crippen LogP contribution in [0, 0.1) is 0 Å². The second kappa shape index (κ2) is 2.97. The lowest BCUT2D eigenvalue weighted by molar-refractivity contribution is -0.152. The van der Waals surface area contributed by atoms with Crippen molar-refractivity contribution in [3.05, 3.63) is 30.1 Å². The molecule has 4 heteroatoms. The molecule has 1 aliphatic rings. The van der Waals surface area contributed by atoms with E-state index in [1.807, 2.05) is 0 Å². The van der Waals surface area contributed by atoms with E-state index in [1.54, 1.807) is 24.4 Å². The van der Waals surface area contributed by atoms with Crippen LogP contribution in [0.4, 0.5) is 0 Å². The first kappa shape index (κ1) is 7.91. The first-order valence-corrected chi connectivity index (χ1v) is 3.93. The van der Waals surface area contributed by atoms with Crippen molar-refractivity contribution in [2.75, 3.05) is 0 Å². The summed E-state index contributed by atoms with van der Waals surface area (Å²) in [6.07, 6.45) is 1.70. The van der Waals surface area contributed by atoms with Crippen molar-refractivity contribution in [2.24, 2.45) is 0 Å². The van der Waals surface area contributed by atoms with Gasteiger partial charge in [-0.15, -0.1) is 0 Å². The maximum atomic E-state index is 11.1. The third-order valence-corrected chi connectivity index (χ3v) is 1.91. The van der Waals surface area contributed by atoms with E-state index in [4.69, 9.17) is 0 Å². The van der Waals surface area contributed by atoms with Crippen molar-refractivity contribution in [3.63, 3.8) is 0 Å². The minimum absolute atomic E-state index is 0.107. The highest BCUT2D eigenvalue weighted by molar-refractivity contribution is 5.97. The van der Waals surface area contributed by atoms with Crippen molar-refractivity contribution in [1.29, 1.82) is 0 Å². The fourth-order valence-electron chi connectivity index (χ4n) is 1.28. The fourth-order valence-corrected chi connectivity index (χ4v) is 1.28. The lowest BCUT2D eigenvalue weighted by Gasteiger charge is -2.01. The normalized spacial score (nSPS) is 21.7. The van der Waals surface area contributed by atoms with Crippen LogP contribution in [0.3, 0.4) is 0 Å². The molecule has 66 valence electrons.